The van der Waals surface area contributed by atoms with Gasteiger partial charge < -0.3 is 10.4 Å². The summed E-state index contributed by atoms with van der Waals surface area (Å²) in [6.07, 6.45) is 1.23. The minimum Gasteiger partial charge on any atom is -0.478 e. The van der Waals surface area contributed by atoms with E-state index in [-0.39, 0.29) is 5.56 Å². The van der Waals surface area contributed by atoms with Crippen molar-refractivity contribution in [2.75, 3.05) is 11.9 Å². The molecule has 1 aliphatic carbocycles. The van der Waals surface area contributed by atoms with E-state index in [0.29, 0.717) is 16.4 Å². The van der Waals surface area contributed by atoms with E-state index in [9.17, 15) is 4.79 Å². The number of anilines is 1. The second-order valence-corrected chi connectivity index (χ2v) is 5.68. The first-order valence-corrected chi connectivity index (χ1v) is 6.04. The Labute approximate surface area is 106 Å². The lowest BCUT2D eigenvalue weighted by atomic mass is 10.1. The van der Waals surface area contributed by atoms with Crippen LogP contribution in [0.5, 0.6) is 0 Å². The second-order valence-electron chi connectivity index (χ2n) is 5.27. The Morgan fingerprint density at radius 3 is 2.71 bits per heavy atom. The predicted molar refractivity (Wildman–Crippen MR) is 68.8 cm³/mol. The molecule has 0 heterocycles. The highest BCUT2D eigenvalue weighted by Crippen LogP contribution is 2.51. The second kappa shape index (κ2) is 4.22. The smallest absolute Gasteiger partial charge is 0.335 e. The lowest BCUT2D eigenvalue weighted by Crippen LogP contribution is -2.08. The van der Waals surface area contributed by atoms with Gasteiger partial charge in [-0.15, -0.1) is 0 Å². The summed E-state index contributed by atoms with van der Waals surface area (Å²) in [4.78, 5) is 10.7. The van der Waals surface area contributed by atoms with Crippen LogP contribution in [0.3, 0.4) is 0 Å². The molecule has 2 rings (SSSR count). The fraction of sp³-hybridized carbons (Fsp3) is 0.462. The van der Waals surface area contributed by atoms with Crippen LogP contribution in [0.2, 0.25) is 5.02 Å². The number of carboxylic acids is 1. The summed E-state index contributed by atoms with van der Waals surface area (Å²) >= 11 is 6.02. The zero-order chi connectivity index (χ0) is 12.6. The molecule has 0 aliphatic heterocycles. The Morgan fingerprint density at radius 1 is 1.59 bits per heavy atom. The van der Waals surface area contributed by atoms with Crippen LogP contribution in [0.1, 0.15) is 30.6 Å². The first-order valence-electron chi connectivity index (χ1n) is 5.67. The van der Waals surface area contributed by atoms with Gasteiger partial charge in [-0.2, -0.15) is 0 Å². The third-order valence-electron chi connectivity index (χ3n) is 3.47. The van der Waals surface area contributed by atoms with E-state index in [4.69, 9.17) is 16.7 Å². The van der Waals surface area contributed by atoms with Crippen molar-refractivity contribution in [3.05, 3.63) is 28.8 Å². The van der Waals surface area contributed by atoms with Gasteiger partial charge in [0, 0.05) is 6.54 Å². The molecule has 1 aromatic carbocycles. The zero-order valence-electron chi connectivity index (χ0n) is 9.96. The van der Waals surface area contributed by atoms with Gasteiger partial charge in [0.2, 0.25) is 0 Å². The molecular formula is C13H16ClNO2. The Kier molecular flexibility index (Phi) is 3.04. The molecule has 4 heteroatoms. The van der Waals surface area contributed by atoms with Crippen molar-refractivity contribution in [2.45, 2.75) is 20.3 Å². The molecule has 1 aliphatic rings. The van der Waals surface area contributed by atoms with Crippen LogP contribution < -0.4 is 5.32 Å². The maximum atomic E-state index is 10.7. The standard InChI is InChI=1S/C13H16ClNO2/c1-13(2)6-9(13)7-15-11-4-3-8(12(16)17)5-10(11)14/h3-5,9,15H,6-7H2,1-2H3,(H,16,17). The summed E-state index contributed by atoms with van der Waals surface area (Å²) in [5.41, 5.74) is 1.45. The van der Waals surface area contributed by atoms with E-state index < -0.39 is 5.97 Å². The van der Waals surface area contributed by atoms with Crippen LogP contribution in [-0.2, 0) is 0 Å². The number of benzene rings is 1. The molecule has 1 fully saturated rings. The minimum absolute atomic E-state index is 0.215. The maximum absolute atomic E-state index is 10.7. The van der Waals surface area contributed by atoms with E-state index in [1.807, 2.05) is 0 Å². The molecule has 2 N–H and O–H groups in total. The van der Waals surface area contributed by atoms with Gasteiger partial charge in [0.25, 0.3) is 0 Å². The molecular weight excluding hydrogens is 238 g/mol. The Balaban J connectivity index is 2.00. The SMILES string of the molecule is CC1(C)CC1CNc1ccc(C(=O)O)cc1Cl. The van der Waals surface area contributed by atoms with E-state index in [2.05, 4.69) is 19.2 Å². The monoisotopic (exact) mass is 253 g/mol. The predicted octanol–water partition coefficient (Wildman–Crippen LogP) is 3.50. The number of hydrogen-bond acceptors (Lipinski definition) is 2. The molecule has 1 unspecified atom stereocenters. The molecule has 3 nitrogen and oxygen atoms in total. The largest absolute Gasteiger partial charge is 0.478 e. The van der Waals surface area contributed by atoms with Crippen molar-refractivity contribution >= 4 is 23.3 Å². The minimum atomic E-state index is -0.957. The average molecular weight is 254 g/mol. The van der Waals surface area contributed by atoms with Gasteiger partial charge in [-0.1, -0.05) is 25.4 Å². The van der Waals surface area contributed by atoms with Gasteiger partial charge in [0.1, 0.15) is 0 Å². The van der Waals surface area contributed by atoms with Crippen molar-refractivity contribution < 1.29 is 9.90 Å². The summed E-state index contributed by atoms with van der Waals surface area (Å²) in [6, 6.07) is 4.76. The third kappa shape index (κ3) is 2.72. The van der Waals surface area contributed by atoms with Crippen LogP contribution >= 0.6 is 11.6 Å². The fourth-order valence-corrected chi connectivity index (χ4v) is 2.20. The van der Waals surface area contributed by atoms with E-state index in [1.54, 1.807) is 12.1 Å². The summed E-state index contributed by atoms with van der Waals surface area (Å²) in [6.45, 7) is 5.38. The van der Waals surface area contributed by atoms with Crippen LogP contribution in [-0.4, -0.2) is 17.6 Å². The molecule has 1 atom stereocenters. The van der Waals surface area contributed by atoms with Gasteiger partial charge >= 0.3 is 5.97 Å². The zero-order valence-corrected chi connectivity index (χ0v) is 10.7. The lowest BCUT2D eigenvalue weighted by molar-refractivity contribution is 0.0697. The Hall–Kier alpha value is -1.22. The van der Waals surface area contributed by atoms with Gasteiger partial charge in [0.15, 0.2) is 0 Å². The number of carboxylic acid groups (broad SMARTS) is 1. The fourth-order valence-electron chi connectivity index (χ4n) is 1.95. The highest BCUT2D eigenvalue weighted by atomic mass is 35.5. The number of hydrogen-bond donors (Lipinski definition) is 2. The lowest BCUT2D eigenvalue weighted by Gasteiger charge is -2.10. The molecule has 0 amide bonds. The Morgan fingerprint density at radius 2 is 2.24 bits per heavy atom. The highest BCUT2D eigenvalue weighted by molar-refractivity contribution is 6.33. The van der Waals surface area contributed by atoms with Gasteiger partial charge in [-0.3, -0.25) is 0 Å². The van der Waals surface area contributed by atoms with Gasteiger partial charge in [-0.25, -0.2) is 4.79 Å². The average Bonchev–Trinajstić information content (AvgIpc) is 2.84. The van der Waals surface area contributed by atoms with E-state index in [0.717, 1.165) is 12.2 Å². The van der Waals surface area contributed by atoms with E-state index in [1.165, 1.54) is 12.5 Å². The first kappa shape index (κ1) is 12.2. The Bertz CT molecular complexity index is 457. The van der Waals surface area contributed by atoms with Crippen molar-refractivity contribution in [3.8, 4) is 0 Å². The van der Waals surface area contributed by atoms with Crippen LogP contribution in [0.15, 0.2) is 18.2 Å². The normalized spacial score (nSPS) is 21.0. The van der Waals surface area contributed by atoms with Crippen LogP contribution in [0.25, 0.3) is 0 Å². The topological polar surface area (TPSA) is 49.3 Å². The van der Waals surface area contributed by atoms with Gasteiger partial charge in [-0.05, 0) is 36.0 Å². The third-order valence-corrected chi connectivity index (χ3v) is 3.79. The number of aromatic carboxylic acids is 1. The molecule has 0 bridgehead atoms. The molecule has 0 saturated heterocycles. The van der Waals surface area contributed by atoms with Crippen molar-refractivity contribution in [3.63, 3.8) is 0 Å². The summed E-state index contributed by atoms with van der Waals surface area (Å²) in [5.74, 6) is -0.278. The molecule has 0 spiro atoms. The quantitative estimate of drug-likeness (QED) is 0.864. The molecule has 0 radical (unpaired) electrons. The summed E-state index contributed by atoms with van der Waals surface area (Å²) < 4.78 is 0. The van der Waals surface area contributed by atoms with E-state index >= 15 is 0 Å². The maximum Gasteiger partial charge on any atom is 0.335 e. The molecule has 1 aromatic rings. The number of rotatable bonds is 4. The first-order chi connectivity index (χ1) is 7.90. The molecule has 1 saturated carbocycles. The van der Waals surface area contributed by atoms with Crippen LogP contribution in [0, 0.1) is 11.3 Å². The van der Waals surface area contributed by atoms with Crippen LogP contribution in [0.4, 0.5) is 5.69 Å². The van der Waals surface area contributed by atoms with Crippen molar-refractivity contribution in [1.82, 2.24) is 0 Å². The highest BCUT2D eigenvalue weighted by Gasteiger charge is 2.44. The number of halogens is 1. The molecule has 17 heavy (non-hydrogen) atoms. The van der Waals surface area contributed by atoms with Crippen molar-refractivity contribution in [2.24, 2.45) is 11.3 Å². The summed E-state index contributed by atoms with van der Waals surface area (Å²) in [7, 11) is 0. The molecule has 0 aromatic heterocycles. The van der Waals surface area contributed by atoms with Gasteiger partial charge in [0.05, 0.1) is 16.3 Å². The summed E-state index contributed by atoms with van der Waals surface area (Å²) in [5, 5.41) is 12.6. The molecule has 92 valence electrons. The van der Waals surface area contributed by atoms with Crippen molar-refractivity contribution in [1.29, 1.82) is 0 Å². The number of carbonyl (C=O) groups is 1. The number of nitrogens with one attached hydrogen (secondary N) is 1.